The van der Waals surface area contributed by atoms with Crippen LogP contribution in [0.25, 0.3) is 11.1 Å². The number of nitrogens with zero attached hydrogens (tertiary/aromatic N) is 3. The number of hydrazine groups is 1. The van der Waals surface area contributed by atoms with Crippen molar-refractivity contribution in [1.29, 1.82) is 5.26 Å². The standard InChI is InChI=1S/C22H20N4/c23-13-18-11-21(15-24-14-18)19-7-4-8-20(12-19)22-9-10-26(25-22)16-17-5-2-1-3-6-17/h1-8,11-12,14-15,22,25H,9-10,16H2. The molecule has 1 aliphatic rings. The highest BCUT2D eigenvalue weighted by Crippen LogP contribution is 2.28. The number of nitrogens with one attached hydrogen (secondary N) is 1. The van der Waals surface area contributed by atoms with E-state index < -0.39 is 0 Å². The Hall–Kier alpha value is -3.00. The molecule has 1 aromatic heterocycles. The molecule has 2 heterocycles. The van der Waals surface area contributed by atoms with Gasteiger partial charge in [0.25, 0.3) is 0 Å². The summed E-state index contributed by atoms with van der Waals surface area (Å²) in [6.45, 7) is 1.93. The summed E-state index contributed by atoms with van der Waals surface area (Å²) < 4.78 is 0. The number of benzene rings is 2. The van der Waals surface area contributed by atoms with Crippen LogP contribution >= 0.6 is 0 Å². The van der Waals surface area contributed by atoms with Gasteiger partial charge in [-0.15, -0.1) is 0 Å². The molecule has 1 N–H and O–H groups in total. The van der Waals surface area contributed by atoms with Crippen molar-refractivity contribution < 1.29 is 0 Å². The maximum absolute atomic E-state index is 9.08. The van der Waals surface area contributed by atoms with Crippen molar-refractivity contribution >= 4 is 0 Å². The molecule has 0 spiro atoms. The van der Waals surface area contributed by atoms with Crippen molar-refractivity contribution in [2.24, 2.45) is 0 Å². The summed E-state index contributed by atoms with van der Waals surface area (Å²) in [5.74, 6) is 0. The van der Waals surface area contributed by atoms with E-state index in [-0.39, 0.29) is 0 Å². The molecule has 0 bridgehead atoms. The van der Waals surface area contributed by atoms with Gasteiger partial charge in [0.2, 0.25) is 0 Å². The second-order valence-corrected chi connectivity index (χ2v) is 6.58. The van der Waals surface area contributed by atoms with Gasteiger partial charge in [-0.25, -0.2) is 10.4 Å². The maximum Gasteiger partial charge on any atom is 0.101 e. The first-order valence-electron chi connectivity index (χ1n) is 8.82. The van der Waals surface area contributed by atoms with Crippen LogP contribution in [-0.4, -0.2) is 16.5 Å². The average molecular weight is 340 g/mol. The number of rotatable bonds is 4. The molecule has 3 aromatic rings. The van der Waals surface area contributed by atoms with Crippen LogP contribution in [-0.2, 0) is 6.54 Å². The predicted molar refractivity (Wildman–Crippen MR) is 102 cm³/mol. The summed E-state index contributed by atoms with van der Waals surface area (Å²) in [6, 6.07) is 23.4. The summed E-state index contributed by atoms with van der Waals surface area (Å²) >= 11 is 0. The van der Waals surface area contributed by atoms with Crippen molar-refractivity contribution in [2.75, 3.05) is 6.54 Å². The summed E-state index contributed by atoms with van der Waals surface area (Å²) in [4.78, 5) is 4.17. The van der Waals surface area contributed by atoms with Gasteiger partial charge in [-0.3, -0.25) is 4.98 Å². The SMILES string of the molecule is N#Cc1cncc(-c2cccc(C3CCN(Cc4ccccc4)N3)c2)c1. The van der Waals surface area contributed by atoms with Crippen LogP contribution in [0.4, 0.5) is 0 Å². The van der Waals surface area contributed by atoms with Crippen molar-refractivity contribution in [3.05, 3.63) is 89.7 Å². The molecule has 1 aliphatic heterocycles. The molecule has 2 aromatic carbocycles. The van der Waals surface area contributed by atoms with Crippen LogP contribution in [0, 0.1) is 11.3 Å². The van der Waals surface area contributed by atoms with Gasteiger partial charge in [-0.1, -0.05) is 48.5 Å². The Morgan fingerprint density at radius 3 is 2.77 bits per heavy atom. The predicted octanol–water partition coefficient (Wildman–Crippen LogP) is 4.07. The number of nitriles is 1. The Morgan fingerprint density at radius 1 is 1.04 bits per heavy atom. The topological polar surface area (TPSA) is 52.0 Å². The van der Waals surface area contributed by atoms with Gasteiger partial charge in [0.15, 0.2) is 0 Å². The molecule has 1 saturated heterocycles. The van der Waals surface area contributed by atoms with Crippen LogP contribution in [0.2, 0.25) is 0 Å². The average Bonchev–Trinajstić information content (AvgIpc) is 3.17. The number of pyridine rings is 1. The van der Waals surface area contributed by atoms with E-state index in [0.717, 1.165) is 30.6 Å². The lowest BCUT2D eigenvalue weighted by Crippen LogP contribution is -2.31. The van der Waals surface area contributed by atoms with E-state index in [2.05, 4.69) is 70.0 Å². The monoisotopic (exact) mass is 340 g/mol. The van der Waals surface area contributed by atoms with Gasteiger partial charge in [0, 0.05) is 37.1 Å². The minimum Gasteiger partial charge on any atom is -0.263 e. The fourth-order valence-electron chi connectivity index (χ4n) is 3.40. The molecule has 128 valence electrons. The second-order valence-electron chi connectivity index (χ2n) is 6.58. The van der Waals surface area contributed by atoms with Crippen molar-refractivity contribution in [3.63, 3.8) is 0 Å². The lowest BCUT2D eigenvalue weighted by atomic mass is 9.99. The third-order valence-corrected chi connectivity index (χ3v) is 4.73. The smallest absolute Gasteiger partial charge is 0.101 e. The third-order valence-electron chi connectivity index (χ3n) is 4.73. The summed E-state index contributed by atoms with van der Waals surface area (Å²) in [6.07, 6.45) is 4.48. The molecule has 0 radical (unpaired) electrons. The molecule has 1 atom stereocenters. The zero-order chi connectivity index (χ0) is 17.8. The summed E-state index contributed by atoms with van der Waals surface area (Å²) in [7, 11) is 0. The van der Waals surface area contributed by atoms with Gasteiger partial charge in [0.05, 0.1) is 5.56 Å². The van der Waals surface area contributed by atoms with E-state index in [1.165, 1.54) is 11.1 Å². The van der Waals surface area contributed by atoms with Crippen LogP contribution in [0.1, 0.15) is 29.2 Å². The fourth-order valence-corrected chi connectivity index (χ4v) is 3.40. The highest BCUT2D eigenvalue weighted by atomic mass is 15.5. The maximum atomic E-state index is 9.08. The van der Waals surface area contributed by atoms with E-state index in [1.54, 1.807) is 6.20 Å². The van der Waals surface area contributed by atoms with Crippen LogP contribution < -0.4 is 5.43 Å². The first-order chi connectivity index (χ1) is 12.8. The van der Waals surface area contributed by atoms with E-state index in [9.17, 15) is 0 Å². The highest BCUT2D eigenvalue weighted by molar-refractivity contribution is 5.64. The number of hydrogen-bond donors (Lipinski definition) is 1. The summed E-state index contributed by atoms with van der Waals surface area (Å²) in [5.41, 5.74) is 8.85. The molecule has 0 amide bonds. The number of aromatic nitrogens is 1. The van der Waals surface area contributed by atoms with Gasteiger partial charge < -0.3 is 0 Å². The van der Waals surface area contributed by atoms with E-state index in [0.29, 0.717) is 11.6 Å². The minimum atomic E-state index is 0.311. The van der Waals surface area contributed by atoms with E-state index in [4.69, 9.17) is 5.26 Å². The quantitative estimate of drug-likeness (QED) is 0.778. The first-order valence-corrected chi connectivity index (χ1v) is 8.82. The van der Waals surface area contributed by atoms with E-state index in [1.807, 2.05) is 18.3 Å². The second kappa shape index (κ2) is 7.49. The lowest BCUT2D eigenvalue weighted by Gasteiger charge is -2.18. The van der Waals surface area contributed by atoms with Crippen LogP contribution in [0.5, 0.6) is 0 Å². The zero-order valence-corrected chi connectivity index (χ0v) is 14.5. The normalized spacial score (nSPS) is 17.1. The first kappa shape index (κ1) is 16.5. The molecule has 1 unspecified atom stereocenters. The molecule has 4 nitrogen and oxygen atoms in total. The molecular weight excluding hydrogens is 320 g/mol. The van der Waals surface area contributed by atoms with E-state index >= 15 is 0 Å². The Labute approximate surface area is 153 Å². The molecule has 4 heteroatoms. The molecule has 1 fully saturated rings. The Morgan fingerprint density at radius 2 is 1.92 bits per heavy atom. The minimum absolute atomic E-state index is 0.311. The molecule has 26 heavy (non-hydrogen) atoms. The van der Waals surface area contributed by atoms with Crippen LogP contribution in [0.3, 0.4) is 0 Å². The Balaban J connectivity index is 1.49. The van der Waals surface area contributed by atoms with Crippen molar-refractivity contribution in [1.82, 2.24) is 15.4 Å². The third kappa shape index (κ3) is 3.65. The Kier molecular flexibility index (Phi) is 4.74. The highest BCUT2D eigenvalue weighted by Gasteiger charge is 2.23. The van der Waals surface area contributed by atoms with Gasteiger partial charge in [0.1, 0.15) is 6.07 Å². The van der Waals surface area contributed by atoms with Crippen molar-refractivity contribution in [3.8, 4) is 17.2 Å². The molecular formula is C22H20N4. The van der Waals surface area contributed by atoms with Crippen LogP contribution in [0.15, 0.2) is 73.1 Å². The fraction of sp³-hybridized carbons (Fsp3) is 0.182. The number of hydrogen-bond acceptors (Lipinski definition) is 4. The van der Waals surface area contributed by atoms with Gasteiger partial charge in [-0.2, -0.15) is 5.26 Å². The Bertz CT molecular complexity index is 930. The largest absolute Gasteiger partial charge is 0.263 e. The lowest BCUT2D eigenvalue weighted by molar-refractivity contribution is 0.227. The molecule has 0 saturated carbocycles. The van der Waals surface area contributed by atoms with Crippen molar-refractivity contribution in [2.45, 2.75) is 19.0 Å². The molecule has 0 aliphatic carbocycles. The van der Waals surface area contributed by atoms with Gasteiger partial charge >= 0.3 is 0 Å². The van der Waals surface area contributed by atoms with Gasteiger partial charge in [-0.05, 0) is 35.2 Å². The summed E-state index contributed by atoms with van der Waals surface area (Å²) in [5, 5.41) is 11.4. The molecule has 4 rings (SSSR count). The zero-order valence-electron chi connectivity index (χ0n) is 14.5.